The lowest BCUT2D eigenvalue weighted by Crippen LogP contribution is -2.41. The third kappa shape index (κ3) is 3.23. The number of nitrogens with zero attached hydrogens (tertiary/aromatic N) is 1. The van der Waals surface area contributed by atoms with Crippen LogP contribution in [0.4, 0.5) is 0 Å². The standard InChI is InChI=1S/C24H16ClNO4/c25-17-5-3-4-15(10-17)11-20-18-6-1-2-7-19(18)23(27)26(24(20)28)13-16-8-9-21-22(12-16)30-14-29-21/h1-12H,13-14H2/b20-11+. The minimum Gasteiger partial charge on any atom is -0.454 e. The summed E-state index contributed by atoms with van der Waals surface area (Å²) in [6.45, 7) is 0.301. The second-order valence-electron chi connectivity index (χ2n) is 7.04. The summed E-state index contributed by atoms with van der Waals surface area (Å²) in [5.41, 5.74) is 3.13. The first kappa shape index (κ1) is 18.5. The third-order valence-corrected chi connectivity index (χ3v) is 5.34. The van der Waals surface area contributed by atoms with Crippen molar-refractivity contribution in [2.45, 2.75) is 6.54 Å². The van der Waals surface area contributed by atoms with Gasteiger partial charge in [0.25, 0.3) is 11.8 Å². The average Bonchev–Trinajstić information content (AvgIpc) is 3.22. The highest BCUT2D eigenvalue weighted by atomic mass is 35.5. The zero-order valence-electron chi connectivity index (χ0n) is 15.8. The van der Waals surface area contributed by atoms with Gasteiger partial charge in [-0.15, -0.1) is 0 Å². The van der Waals surface area contributed by atoms with Gasteiger partial charge in [0.1, 0.15) is 0 Å². The van der Waals surface area contributed by atoms with Crippen LogP contribution < -0.4 is 9.47 Å². The molecule has 6 heteroatoms. The van der Waals surface area contributed by atoms with Crippen LogP contribution in [0.5, 0.6) is 11.5 Å². The predicted octanol–water partition coefficient (Wildman–Crippen LogP) is 4.79. The molecule has 5 nitrogen and oxygen atoms in total. The quantitative estimate of drug-likeness (QED) is 0.454. The lowest BCUT2D eigenvalue weighted by Gasteiger charge is -2.29. The molecule has 0 aromatic heterocycles. The Bertz CT molecular complexity index is 1220. The van der Waals surface area contributed by atoms with Gasteiger partial charge in [-0.25, -0.2) is 0 Å². The molecule has 30 heavy (non-hydrogen) atoms. The number of carbonyl (C=O) groups excluding carboxylic acids is 2. The minimum atomic E-state index is -0.351. The Morgan fingerprint density at radius 3 is 2.50 bits per heavy atom. The summed E-state index contributed by atoms with van der Waals surface area (Å²) in [6.07, 6.45) is 1.77. The topological polar surface area (TPSA) is 55.8 Å². The van der Waals surface area contributed by atoms with Crippen LogP contribution >= 0.6 is 11.6 Å². The number of hydrogen-bond donors (Lipinski definition) is 0. The van der Waals surface area contributed by atoms with Crippen molar-refractivity contribution >= 4 is 35.1 Å². The molecule has 0 saturated heterocycles. The molecule has 3 aromatic carbocycles. The molecule has 0 unspecified atom stereocenters. The van der Waals surface area contributed by atoms with Crippen molar-refractivity contribution in [1.29, 1.82) is 0 Å². The van der Waals surface area contributed by atoms with Gasteiger partial charge in [-0.05, 0) is 53.1 Å². The van der Waals surface area contributed by atoms with Crippen LogP contribution in [0.3, 0.4) is 0 Å². The molecule has 2 amide bonds. The minimum absolute atomic E-state index is 0.134. The van der Waals surface area contributed by atoms with Gasteiger partial charge in [-0.2, -0.15) is 0 Å². The molecule has 148 valence electrons. The van der Waals surface area contributed by atoms with Crippen LogP contribution in [0.25, 0.3) is 11.6 Å². The summed E-state index contributed by atoms with van der Waals surface area (Å²) in [5, 5.41) is 0.578. The van der Waals surface area contributed by atoms with E-state index in [0.29, 0.717) is 33.2 Å². The molecule has 0 bridgehead atoms. The number of carbonyl (C=O) groups is 2. The lowest BCUT2D eigenvalue weighted by atomic mass is 9.91. The number of amides is 2. The smallest absolute Gasteiger partial charge is 0.261 e. The molecule has 0 spiro atoms. The maximum absolute atomic E-state index is 13.4. The molecule has 0 fully saturated rings. The van der Waals surface area contributed by atoms with Crippen LogP contribution in [0.1, 0.15) is 27.0 Å². The first-order valence-corrected chi connectivity index (χ1v) is 9.79. The summed E-state index contributed by atoms with van der Waals surface area (Å²) in [5.74, 6) is 0.592. The number of hydrogen-bond acceptors (Lipinski definition) is 4. The van der Waals surface area contributed by atoms with E-state index in [0.717, 1.165) is 11.1 Å². The molecule has 5 rings (SSSR count). The van der Waals surface area contributed by atoms with Gasteiger partial charge in [0.05, 0.1) is 6.54 Å². The fraction of sp³-hybridized carbons (Fsp3) is 0.0833. The van der Waals surface area contributed by atoms with Crippen molar-refractivity contribution < 1.29 is 19.1 Å². The molecule has 2 heterocycles. The summed E-state index contributed by atoms with van der Waals surface area (Å²) in [7, 11) is 0. The van der Waals surface area contributed by atoms with Crippen molar-refractivity contribution in [3.05, 3.63) is 94.0 Å². The van der Waals surface area contributed by atoms with Crippen LogP contribution in [0.2, 0.25) is 5.02 Å². The maximum atomic E-state index is 13.4. The highest BCUT2D eigenvalue weighted by Gasteiger charge is 2.34. The van der Waals surface area contributed by atoms with Gasteiger partial charge in [0.15, 0.2) is 11.5 Å². The summed E-state index contributed by atoms with van der Waals surface area (Å²) in [6, 6.07) is 19.8. The largest absolute Gasteiger partial charge is 0.454 e. The van der Waals surface area contributed by atoms with Crippen molar-refractivity contribution in [2.75, 3.05) is 6.79 Å². The van der Waals surface area contributed by atoms with Crippen molar-refractivity contribution in [1.82, 2.24) is 4.90 Å². The highest BCUT2D eigenvalue weighted by Crippen LogP contribution is 2.35. The number of rotatable bonds is 3. The van der Waals surface area contributed by atoms with Crippen molar-refractivity contribution in [3.8, 4) is 11.5 Å². The fourth-order valence-corrected chi connectivity index (χ4v) is 3.87. The molecule has 2 aliphatic heterocycles. The maximum Gasteiger partial charge on any atom is 0.261 e. The van der Waals surface area contributed by atoms with Gasteiger partial charge < -0.3 is 9.47 Å². The van der Waals surface area contributed by atoms with Gasteiger partial charge in [0.2, 0.25) is 6.79 Å². The number of ether oxygens (including phenoxy) is 2. The van der Waals surface area contributed by atoms with E-state index in [1.165, 1.54) is 4.90 Å². The van der Waals surface area contributed by atoms with Gasteiger partial charge in [0, 0.05) is 16.2 Å². The number of imide groups is 1. The highest BCUT2D eigenvalue weighted by molar-refractivity contribution is 6.34. The van der Waals surface area contributed by atoms with Gasteiger partial charge >= 0.3 is 0 Å². The molecule has 0 N–H and O–H groups in total. The zero-order valence-corrected chi connectivity index (χ0v) is 16.6. The number of halogens is 1. The Balaban J connectivity index is 1.56. The normalized spacial score (nSPS) is 16.2. The van der Waals surface area contributed by atoms with Crippen molar-refractivity contribution in [3.63, 3.8) is 0 Å². The van der Waals surface area contributed by atoms with E-state index in [9.17, 15) is 9.59 Å². The fourth-order valence-electron chi connectivity index (χ4n) is 3.67. The second-order valence-corrected chi connectivity index (χ2v) is 7.48. The van der Waals surface area contributed by atoms with Crippen LogP contribution in [0.15, 0.2) is 66.7 Å². The first-order chi connectivity index (χ1) is 14.6. The molecule has 0 radical (unpaired) electrons. The Morgan fingerprint density at radius 2 is 1.67 bits per heavy atom. The Labute approximate surface area is 178 Å². The summed E-state index contributed by atoms with van der Waals surface area (Å²) >= 11 is 6.10. The molecule has 3 aromatic rings. The summed E-state index contributed by atoms with van der Waals surface area (Å²) in [4.78, 5) is 27.8. The predicted molar refractivity (Wildman–Crippen MR) is 113 cm³/mol. The lowest BCUT2D eigenvalue weighted by molar-refractivity contribution is -0.123. The first-order valence-electron chi connectivity index (χ1n) is 9.41. The number of benzene rings is 3. The van der Waals surface area contributed by atoms with Crippen molar-refractivity contribution in [2.24, 2.45) is 0 Å². The van der Waals surface area contributed by atoms with Gasteiger partial charge in [-0.3, -0.25) is 14.5 Å². The average molecular weight is 418 g/mol. The molecule has 0 saturated carbocycles. The molecule has 0 aliphatic carbocycles. The Morgan fingerprint density at radius 1 is 0.867 bits per heavy atom. The Hall–Kier alpha value is -3.57. The van der Waals surface area contributed by atoms with E-state index in [2.05, 4.69) is 0 Å². The molecular weight excluding hydrogens is 402 g/mol. The van der Waals surface area contributed by atoms with Gasteiger partial charge in [-0.1, -0.05) is 48.0 Å². The summed E-state index contributed by atoms with van der Waals surface area (Å²) < 4.78 is 10.8. The van der Waals surface area contributed by atoms with E-state index in [-0.39, 0.29) is 25.2 Å². The van der Waals surface area contributed by atoms with Crippen LogP contribution in [-0.4, -0.2) is 23.5 Å². The molecule has 0 atom stereocenters. The zero-order chi connectivity index (χ0) is 20.7. The number of fused-ring (bicyclic) bond motifs is 2. The van der Waals surface area contributed by atoms with Crippen LogP contribution in [-0.2, 0) is 11.3 Å². The Kier molecular flexibility index (Phi) is 4.52. The van der Waals surface area contributed by atoms with E-state index in [1.807, 2.05) is 24.3 Å². The third-order valence-electron chi connectivity index (χ3n) is 5.11. The van der Waals surface area contributed by atoms with E-state index >= 15 is 0 Å². The monoisotopic (exact) mass is 417 g/mol. The SMILES string of the molecule is O=C1/C(=C/c2cccc(Cl)c2)c2ccccc2C(=O)N1Cc1ccc2c(c1)OCO2. The molecule has 2 aliphatic rings. The second kappa shape index (κ2) is 7.35. The van der Waals surface area contributed by atoms with E-state index in [4.69, 9.17) is 21.1 Å². The van der Waals surface area contributed by atoms with E-state index in [1.54, 1.807) is 48.5 Å². The van der Waals surface area contributed by atoms with E-state index < -0.39 is 0 Å². The van der Waals surface area contributed by atoms with Crippen LogP contribution in [0, 0.1) is 0 Å². The molecular formula is C24H16ClNO4.